The Kier molecular flexibility index (Phi) is 36.4. The van der Waals surface area contributed by atoms with Crippen LogP contribution in [0, 0.1) is 76.0 Å². The van der Waals surface area contributed by atoms with E-state index in [1.54, 1.807) is 71.3 Å². The van der Waals surface area contributed by atoms with E-state index in [9.17, 15) is 52.1 Å². The van der Waals surface area contributed by atoms with Crippen LogP contribution in [0.1, 0.15) is 73.1 Å². The number of nitrogens with zero attached hydrogens (tertiary/aromatic N) is 8. The van der Waals surface area contributed by atoms with Crippen molar-refractivity contribution in [1.82, 2.24) is 64.8 Å². The number of thioether (sulfide) groups is 6. The quantitative estimate of drug-likeness (QED) is 0.0130. The molecule has 0 bridgehead atoms. The van der Waals surface area contributed by atoms with Gasteiger partial charge in [0, 0.05) is 167 Å². The summed E-state index contributed by atoms with van der Waals surface area (Å²) in [5.41, 5.74) is 14.4. The fraction of sp³-hybridized carbons (Fsp3) is 0.181. The Hall–Kier alpha value is -8.93. The lowest BCUT2D eigenvalue weighted by molar-refractivity contribution is -0.384. The molecule has 0 unspecified atom stereocenters. The number of nitrogens with two attached hydrogens (primary N) is 1. The van der Waals surface area contributed by atoms with Crippen LogP contribution in [-0.2, 0) is 34.5 Å². The van der Waals surface area contributed by atoms with Gasteiger partial charge >= 0.3 is 0 Å². The first-order valence-corrected chi connectivity index (χ1v) is 39.0. The molecule has 12 aromatic rings. The molecule has 23 nitrogen and oxygen atoms in total. The van der Waals surface area contributed by atoms with Gasteiger partial charge in [0.05, 0.1) is 4.92 Å². The van der Waals surface area contributed by atoms with Crippen LogP contribution in [-0.4, -0.2) is 69.7 Å². The Balaban J connectivity index is 0.000000204. The number of nitro benzene ring substituents is 1. The van der Waals surface area contributed by atoms with Crippen molar-refractivity contribution in [3.8, 4) is 0 Å². The molecule has 12 rings (SSSR count). The molecule has 37 heteroatoms. The van der Waals surface area contributed by atoms with Crippen LogP contribution in [0.2, 0.25) is 20.1 Å². The Bertz CT molecular complexity index is 5220. The van der Waals surface area contributed by atoms with Gasteiger partial charge in [0.15, 0.2) is 30.9 Å². The molecule has 8 N–H and O–H groups in total. The van der Waals surface area contributed by atoms with Gasteiger partial charge in [0.25, 0.3) is 39.0 Å². The van der Waals surface area contributed by atoms with Crippen molar-refractivity contribution in [3.63, 3.8) is 0 Å². The fourth-order valence-electron chi connectivity index (χ4n) is 8.72. The molecule has 5 aromatic carbocycles. The molecule has 0 atom stereocenters. The molecule has 0 aliphatic heterocycles. The Labute approximate surface area is 672 Å². The molecular formula is C72H67Cl5F3N15O8S6. The summed E-state index contributed by atoms with van der Waals surface area (Å²) >= 11 is 32.1. The average Bonchev–Trinajstić information content (AvgIpc) is 0.864. The molecule has 0 fully saturated rings. The fourth-order valence-corrected chi connectivity index (χ4v) is 15.3. The summed E-state index contributed by atoms with van der Waals surface area (Å²) < 4.78 is 40.3. The second-order valence-corrected chi connectivity index (χ2v) is 30.0. The molecule has 570 valence electrons. The van der Waals surface area contributed by atoms with Gasteiger partial charge < -0.3 is 35.6 Å². The molecule has 0 spiro atoms. The summed E-state index contributed by atoms with van der Waals surface area (Å²) in [5.74, 6) is 1.26. The van der Waals surface area contributed by atoms with Crippen molar-refractivity contribution in [3.05, 3.63) is 335 Å². The number of H-pyrrole nitrogens is 6. The second kappa shape index (κ2) is 44.7. The molecule has 7 aromatic heterocycles. The Morgan fingerprint density at radius 2 is 0.725 bits per heavy atom. The third-order valence-corrected chi connectivity index (χ3v) is 20.6. The number of nitrogen functional groups attached to an aromatic ring is 1. The summed E-state index contributed by atoms with van der Waals surface area (Å²) in [6, 6.07) is 36.2. The highest BCUT2D eigenvalue weighted by Crippen LogP contribution is 2.31. The van der Waals surface area contributed by atoms with Crippen LogP contribution >= 0.6 is 129 Å². The van der Waals surface area contributed by atoms with E-state index in [4.69, 9.17) is 52.1 Å². The van der Waals surface area contributed by atoms with Gasteiger partial charge in [-0.1, -0.05) is 153 Å². The number of benzene rings is 5. The zero-order chi connectivity index (χ0) is 78.6. The lowest BCUT2D eigenvalue weighted by Gasteiger charge is -2.05. The number of halogens is 8. The number of nitro groups is 1. The van der Waals surface area contributed by atoms with Crippen molar-refractivity contribution in [2.24, 2.45) is 0 Å². The lowest BCUT2D eigenvalue weighted by atomic mass is 10.2. The molecule has 0 radical (unpaired) electrons. The van der Waals surface area contributed by atoms with Gasteiger partial charge in [-0.2, -0.15) is 0 Å². The summed E-state index contributed by atoms with van der Waals surface area (Å²) in [5, 5.41) is 16.1. The second-order valence-electron chi connectivity index (χ2n) is 22.6. The largest absolute Gasteiger partial charge is 0.399 e. The number of hydrogen-bond acceptors (Lipinski definition) is 22. The van der Waals surface area contributed by atoms with E-state index < -0.39 is 16.6 Å². The van der Waals surface area contributed by atoms with Gasteiger partial charge in [0.2, 0.25) is 0 Å². The number of rotatable bonds is 19. The smallest absolute Gasteiger partial charge is 0.269 e. The van der Waals surface area contributed by atoms with E-state index in [1.807, 2.05) is 50.2 Å². The normalized spacial score (nSPS) is 10.4. The first-order valence-electron chi connectivity index (χ1n) is 31.6. The molecule has 0 aliphatic rings. The first-order chi connectivity index (χ1) is 51.4. The topological polar surface area (TPSA) is 357 Å². The maximum Gasteiger partial charge on any atom is 0.269 e. The Morgan fingerprint density at radius 1 is 0.394 bits per heavy atom. The van der Waals surface area contributed by atoms with Crippen LogP contribution in [0.25, 0.3) is 0 Å². The van der Waals surface area contributed by atoms with Crippen molar-refractivity contribution in [1.29, 1.82) is 0 Å². The molecule has 0 saturated carbocycles. The highest BCUT2D eigenvalue weighted by molar-refractivity contribution is 7.99. The number of aryl methyl sites for hydroxylation is 7. The van der Waals surface area contributed by atoms with Gasteiger partial charge in [0.1, 0.15) is 17.5 Å². The van der Waals surface area contributed by atoms with Gasteiger partial charge in [-0.3, -0.25) is 43.9 Å². The number of aromatic nitrogens is 13. The maximum atomic E-state index is 13.5. The van der Waals surface area contributed by atoms with E-state index >= 15 is 0 Å². The summed E-state index contributed by atoms with van der Waals surface area (Å²) in [7, 11) is 0. The van der Waals surface area contributed by atoms with Crippen molar-refractivity contribution in [2.75, 3.05) is 5.73 Å². The standard InChI is InChI=1S/C13H13ClN2OS.C12H10ClFN2OS.C12H10ClN3O3S.C12H12ClN3OS.C12H10F2N2OS.C11H11N3OS.ClH/c1-8-3-4-11(14)10(5-8)7-18-13-15-9(2)6-12(17)16-13;1-7-5-11(17)16-12(15-7)18-6-8-9(13)3-2-4-10(8)14;1-7-4-11(17)15-12(14-7)20-6-8-5-9(16(18)19)2-3-10(8)13;1-7-4-11(17)16-12(15-7)18-6-8-5-9(14)2-3-10(8)13;1-7-5-11(17)16-12(15-7)18-6-8-9(13)3-2-4-10(8)14;1-8-5-10(15)14-11(13-8)16-7-9-3-2-4-12-6-9;/h3-6H,7H2,1-2H3,(H,15,16,17);2-5H,6H2,1H3,(H,15,16,17);2-5H,6H2,1H3,(H,14,15,17);2-5H,6,14H2,1H3,(H,15,16,17);2-5H,6H2,1H3,(H,15,16,17);2-6H,7H2,1H3,(H,13,14,15);1H. The highest BCUT2D eigenvalue weighted by Gasteiger charge is 2.15. The first kappa shape index (κ1) is 89.0. The predicted molar refractivity (Wildman–Crippen MR) is 434 cm³/mol. The van der Waals surface area contributed by atoms with Crippen LogP contribution in [0.15, 0.2) is 212 Å². The zero-order valence-electron chi connectivity index (χ0n) is 58.6. The average molecular weight is 1700 g/mol. The summed E-state index contributed by atoms with van der Waals surface area (Å²) in [6.07, 6.45) is 3.54. The molecule has 7 heterocycles. The van der Waals surface area contributed by atoms with Crippen molar-refractivity contribution < 1.29 is 18.1 Å². The predicted octanol–water partition coefficient (Wildman–Crippen LogP) is 16.9. The van der Waals surface area contributed by atoms with Crippen molar-refractivity contribution >= 4 is 141 Å². The number of non-ortho nitro benzene ring substituents is 1. The van der Waals surface area contributed by atoms with Crippen LogP contribution < -0.4 is 39.1 Å². The minimum absolute atomic E-state index is 0. The molecule has 0 saturated heterocycles. The van der Waals surface area contributed by atoms with E-state index in [2.05, 4.69) is 64.8 Å². The van der Waals surface area contributed by atoms with E-state index in [0.29, 0.717) is 109 Å². The number of anilines is 1. The molecule has 0 aliphatic carbocycles. The van der Waals surface area contributed by atoms with E-state index in [1.165, 1.54) is 143 Å². The van der Waals surface area contributed by atoms with Gasteiger partial charge in [-0.15, -0.1) is 12.4 Å². The van der Waals surface area contributed by atoms with Crippen molar-refractivity contribution in [2.45, 2.75) is 114 Å². The third kappa shape index (κ3) is 31.5. The molecular weight excluding hydrogens is 1630 g/mol. The number of hydrogen-bond donors (Lipinski definition) is 7. The molecule has 109 heavy (non-hydrogen) atoms. The van der Waals surface area contributed by atoms with E-state index in [-0.39, 0.29) is 68.6 Å². The summed E-state index contributed by atoms with van der Waals surface area (Å²) in [4.78, 5) is 123. The van der Waals surface area contributed by atoms with Gasteiger partial charge in [-0.25, -0.2) is 43.1 Å². The van der Waals surface area contributed by atoms with E-state index in [0.717, 1.165) is 50.6 Å². The number of nitrogens with one attached hydrogen (secondary N) is 6. The van der Waals surface area contributed by atoms with Crippen LogP contribution in [0.4, 0.5) is 24.5 Å². The minimum Gasteiger partial charge on any atom is -0.399 e. The number of aromatic amines is 6. The lowest BCUT2D eigenvalue weighted by Crippen LogP contribution is -2.08. The van der Waals surface area contributed by atoms with Crippen LogP contribution in [0.3, 0.4) is 0 Å². The van der Waals surface area contributed by atoms with Crippen LogP contribution in [0.5, 0.6) is 0 Å². The highest BCUT2D eigenvalue weighted by atomic mass is 35.5. The third-order valence-electron chi connectivity index (χ3n) is 13.6. The Morgan fingerprint density at radius 3 is 1.09 bits per heavy atom. The monoisotopic (exact) mass is 1690 g/mol. The minimum atomic E-state index is -0.600. The summed E-state index contributed by atoms with van der Waals surface area (Å²) in [6.45, 7) is 12.6. The molecule has 0 amide bonds. The maximum absolute atomic E-state index is 13.5. The SMILES string of the molecule is Cc1cc(=O)[nH]c(SCc2c(F)cccc2Cl)n1.Cc1cc(=O)[nH]c(SCc2c(F)cccc2F)n1.Cc1cc(=O)[nH]c(SCc2cc(N)ccc2Cl)n1.Cc1cc(=O)[nH]c(SCc2cc([N+](=O)[O-])ccc2Cl)n1.Cc1cc(=O)[nH]c(SCc2cccnc2)n1.Cc1ccc(Cl)c(CSc2nc(C)cc(=O)[nH]2)c1.Cl. The van der Waals surface area contributed by atoms with Gasteiger partial charge in [-0.05, 0) is 131 Å². The number of pyridine rings is 1. The zero-order valence-corrected chi connectivity index (χ0v) is 67.3.